The van der Waals surface area contributed by atoms with Gasteiger partial charge in [-0.05, 0) is 68.0 Å². The van der Waals surface area contributed by atoms with Gasteiger partial charge in [-0.1, -0.05) is 25.4 Å². The first-order chi connectivity index (χ1) is 10.0. The first-order valence-corrected chi connectivity index (χ1v) is 8.29. The van der Waals surface area contributed by atoms with Crippen LogP contribution in [-0.4, -0.2) is 24.5 Å². The molecule has 2 rings (SSSR count). The van der Waals surface area contributed by atoms with Crippen LogP contribution in [0.15, 0.2) is 18.2 Å². The van der Waals surface area contributed by atoms with E-state index in [9.17, 15) is 4.39 Å². The maximum Gasteiger partial charge on any atom is 0.125 e. The van der Waals surface area contributed by atoms with Crippen LogP contribution in [0.5, 0.6) is 0 Å². The Kier molecular flexibility index (Phi) is 6.03. The predicted octanol–water partition coefficient (Wildman–Crippen LogP) is 4.24. The fourth-order valence-corrected chi connectivity index (χ4v) is 3.62. The van der Waals surface area contributed by atoms with Gasteiger partial charge in [-0.3, -0.25) is 4.90 Å². The lowest BCUT2D eigenvalue weighted by atomic mass is 9.89. The molecule has 0 radical (unpaired) electrons. The van der Waals surface area contributed by atoms with Gasteiger partial charge >= 0.3 is 0 Å². The Morgan fingerprint density at radius 1 is 1.29 bits per heavy atom. The Morgan fingerprint density at radius 2 is 2.05 bits per heavy atom. The minimum Gasteiger partial charge on any atom is -0.329 e. The van der Waals surface area contributed by atoms with E-state index in [1.54, 1.807) is 6.07 Å². The number of nitrogens with two attached hydrogens (primary N) is 1. The summed E-state index contributed by atoms with van der Waals surface area (Å²) in [5, 5.41) is 0.443. The lowest BCUT2D eigenvalue weighted by Crippen LogP contribution is -2.34. The summed E-state index contributed by atoms with van der Waals surface area (Å²) in [7, 11) is 0. The molecule has 0 spiro atoms. The fraction of sp³-hybridized carbons (Fsp3) is 0.647. The Bertz CT molecular complexity index is 444. The summed E-state index contributed by atoms with van der Waals surface area (Å²) >= 11 is 5.99. The summed E-state index contributed by atoms with van der Waals surface area (Å²) < 4.78 is 13.6. The van der Waals surface area contributed by atoms with Crippen LogP contribution >= 0.6 is 11.6 Å². The van der Waals surface area contributed by atoms with Crippen molar-refractivity contribution in [1.82, 2.24) is 4.90 Å². The third-order valence-electron chi connectivity index (χ3n) is 4.68. The first-order valence-electron chi connectivity index (χ1n) is 7.91. The van der Waals surface area contributed by atoms with Crippen LogP contribution in [-0.2, 0) is 0 Å². The van der Waals surface area contributed by atoms with Gasteiger partial charge < -0.3 is 5.73 Å². The third-order valence-corrected chi connectivity index (χ3v) is 4.90. The fourth-order valence-electron chi connectivity index (χ4n) is 3.39. The van der Waals surface area contributed by atoms with Crippen LogP contribution in [0, 0.1) is 17.7 Å². The van der Waals surface area contributed by atoms with Gasteiger partial charge in [-0.25, -0.2) is 4.39 Å². The van der Waals surface area contributed by atoms with Crippen molar-refractivity contribution < 1.29 is 4.39 Å². The molecule has 1 aromatic carbocycles. The molecule has 2 unspecified atom stereocenters. The topological polar surface area (TPSA) is 29.3 Å². The van der Waals surface area contributed by atoms with Crippen molar-refractivity contribution in [3.63, 3.8) is 0 Å². The van der Waals surface area contributed by atoms with E-state index < -0.39 is 0 Å². The molecule has 1 heterocycles. The van der Waals surface area contributed by atoms with Crippen LogP contribution in [0.4, 0.5) is 4.39 Å². The number of likely N-dealkylation sites (tertiary alicyclic amines) is 1. The van der Waals surface area contributed by atoms with Gasteiger partial charge in [-0.2, -0.15) is 0 Å². The van der Waals surface area contributed by atoms with E-state index in [0.717, 1.165) is 30.5 Å². The first kappa shape index (κ1) is 16.7. The average molecular weight is 313 g/mol. The molecule has 2 nitrogen and oxygen atoms in total. The maximum atomic E-state index is 13.6. The summed E-state index contributed by atoms with van der Waals surface area (Å²) in [5.74, 6) is 1.22. The molecule has 21 heavy (non-hydrogen) atoms. The summed E-state index contributed by atoms with van der Waals surface area (Å²) in [6.45, 7) is 7.14. The minimum absolute atomic E-state index is 0.0594. The van der Waals surface area contributed by atoms with Crippen molar-refractivity contribution in [3.8, 4) is 0 Å². The van der Waals surface area contributed by atoms with Crippen molar-refractivity contribution in [2.24, 2.45) is 17.6 Å². The van der Waals surface area contributed by atoms with Crippen molar-refractivity contribution in [2.45, 2.75) is 39.2 Å². The Hall–Kier alpha value is -0.640. The molecule has 0 aromatic heterocycles. The van der Waals surface area contributed by atoms with Crippen molar-refractivity contribution in [1.29, 1.82) is 0 Å². The highest BCUT2D eigenvalue weighted by atomic mass is 35.5. The Balaban J connectivity index is 2.13. The largest absolute Gasteiger partial charge is 0.329 e. The third kappa shape index (κ3) is 4.41. The maximum absolute atomic E-state index is 13.6. The number of rotatable bonds is 4. The zero-order valence-corrected chi connectivity index (χ0v) is 13.7. The molecule has 2 atom stereocenters. The lowest BCUT2D eigenvalue weighted by Gasteiger charge is -2.30. The van der Waals surface area contributed by atoms with Gasteiger partial charge in [0.05, 0.1) is 0 Å². The van der Waals surface area contributed by atoms with Crippen molar-refractivity contribution in [3.05, 3.63) is 34.6 Å². The van der Waals surface area contributed by atoms with Crippen LogP contribution < -0.4 is 5.73 Å². The standard InChI is InChI=1S/C17H26ClFN2/c1-12(2)13-4-3-6-21(7-5-13)17(11-20)14-8-15(18)10-16(19)9-14/h8-10,12-13,17H,3-7,11,20H2,1-2H3. The van der Waals surface area contributed by atoms with E-state index in [4.69, 9.17) is 17.3 Å². The number of hydrogen-bond acceptors (Lipinski definition) is 2. The molecule has 1 aliphatic rings. The van der Waals surface area contributed by atoms with Crippen molar-refractivity contribution in [2.75, 3.05) is 19.6 Å². The molecule has 2 N–H and O–H groups in total. The van der Waals surface area contributed by atoms with Gasteiger partial charge in [0.1, 0.15) is 5.82 Å². The summed E-state index contributed by atoms with van der Waals surface area (Å²) in [6, 6.07) is 4.81. The monoisotopic (exact) mass is 312 g/mol. The number of hydrogen-bond donors (Lipinski definition) is 1. The molecule has 4 heteroatoms. The van der Waals surface area contributed by atoms with Crippen LogP contribution in [0.25, 0.3) is 0 Å². The molecule has 0 bridgehead atoms. The van der Waals surface area contributed by atoms with Gasteiger partial charge in [0.2, 0.25) is 0 Å². The van der Waals surface area contributed by atoms with Crippen LogP contribution in [0.2, 0.25) is 5.02 Å². The molecule has 1 fully saturated rings. The second kappa shape index (κ2) is 7.57. The van der Waals surface area contributed by atoms with Crippen LogP contribution in [0.1, 0.15) is 44.7 Å². The molecule has 118 valence electrons. The highest BCUT2D eigenvalue weighted by Gasteiger charge is 2.25. The highest BCUT2D eigenvalue weighted by Crippen LogP contribution is 2.30. The minimum atomic E-state index is -0.286. The van der Waals surface area contributed by atoms with E-state index >= 15 is 0 Å². The summed E-state index contributed by atoms with van der Waals surface area (Å²) in [4.78, 5) is 2.40. The zero-order chi connectivity index (χ0) is 15.4. The number of nitrogens with zero attached hydrogens (tertiary/aromatic N) is 1. The second-order valence-corrected chi connectivity index (χ2v) is 6.86. The highest BCUT2D eigenvalue weighted by molar-refractivity contribution is 6.30. The van der Waals surface area contributed by atoms with E-state index in [0.29, 0.717) is 11.6 Å². The number of benzene rings is 1. The number of halogens is 2. The average Bonchev–Trinajstić information content (AvgIpc) is 2.64. The molecular formula is C17H26ClFN2. The normalized spacial score (nSPS) is 22.3. The summed E-state index contributed by atoms with van der Waals surface area (Å²) in [6.07, 6.45) is 3.65. The van der Waals surface area contributed by atoms with Gasteiger partial charge in [0.25, 0.3) is 0 Å². The molecule has 1 aliphatic heterocycles. The Morgan fingerprint density at radius 3 is 2.67 bits per heavy atom. The second-order valence-electron chi connectivity index (χ2n) is 6.43. The molecule has 0 amide bonds. The van der Waals surface area contributed by atoms with Gasteiger partial charge in [0.15, 0.2) is 0 Å². The zero-order valence-electron chi connectivity index (χ0n) is 13.0. The van der Waals surface area contributed by atoms with E-state index in [1.807, 2.05) is 6.07 Å². The SMILES string of the molecule is CC(C)C1CCCN(C(CN)c2cc(F)cc(Cl)c2)CC1. The summed E-state index contributed by atoms with van der Waals surface area (Å²) in [5.41, 5.74) is 6.87. The molecule has 0 saturated carbocycles. The molecule has 1 aromatic rings. The van der Waals surface area contributed by atoms with Gasteiger partial charge in [0, 0.05) is 17.6 Å². The van der Waals surface area contributed by atoms with Crippen LogP contribution in [0.3, 0.4) is 0 Å². The molecular weight excluding hydrogens is 287 g/mol. The van der Waals surface area contributed by atoms with E-state index in [-0.39, 0.29) is 11.9 Å². The molecule has 1 saturated heterocycles. The smallest absolute Gasteiger partial charge is 0.125 e. The van der Waals surface area contributed by atoms with Gasteiger partial charge in [-0.15, -0.1) is 0 Å². The Labute approximate surface area is 132 Å². The van der Waals surface area contributed by atoms with Crippen molar-refractivity contribution >= 4 is 11.6 Å². The van der Waals surface area contributed by atoms with E-state index in [1.165, 1.54) is 25.3 Å². The van der Waals surface area contributed by atoms with E-state index in [2.05, 4.69) is 18.7 Å². The predicted molar refractivity (Wildman–Crippen MR) is 87.0 cm³/mol. The molecule has 0 aliphatic carbocycles. The quantitative estimate of drug-likeness (QED) is 0.901. The lowest BCUT2D eigenvalue weighted by molar-refractivity contribution is 0.203.